The minimum atomic E-state index is 0.725. The summed E-state index contributed by atoms with van der Waals surface area (Å²) in [5.74, 6) is 0. The van der Waals surface area contributed by atoms with Gasteiger partial charge in [-0.05, 0) is 26.3 Å². The van der Waals surface area contributed by atoms with Crippen molar-refractivity contribution in [2.75, 3.05) is 6.54 Å². The van der Waals surface area contributed by atoms with Crippen LogP contribution in [-0.2, 0) is 0 Å². The zero-order valence-corrected chi connectivity index (χ0v) is 11.1. The molecule has 0 aromatic carbocycles. The third kappa shape index (κ3) is 11.9. The maximum atomic E-state index is 3.62. The standard InChI is InChI=1S/C14H31N/c1-4-6-8-9-11-13-15-14(3)12-10-7-5-2/h14-15H,4-13H2,1-3H3. The molecule has 0 radical (unpaired) electrons. The van der Waals surface area contributed by atoms with Crippen LogP contribution >= 0.6 is 0 Å². The second-order valence-electron chi connectivity index (χ2n) is 4.77. The van der Waals surface area contributed by atoms with Crippen LogP contribution in [0.15, 0.2) is 0 Å². The molecular formula is C14H31N. The summed E-state index contributed by atoms with van der Waals surface area (Å²) >= 11 is 0. The number of nitrogens with one attached hydrogen (secondary N) is 1. The van der Waals surface area contributed by atoms with E-state index in [1.54, 1.807) is 0 Å². The number of unbranched alkanes of at least 4 members (excludes halogenated alkanes) is 6. The predicted molar refractivity (Wildman–Crippen MR) is 70.4 cm³/mol. The number of hydrogen-bond donors (Lipinski definition) is 1. The van der Waals surface area contributed by atoms with E-state index in [0.29, 0.717) is 0 Å². The third-order valence-corrected chi connectivity index (χ3v) is 3.01. The Kier molecular flexibility index (Phi) is 12.0. The molecule has 0 saturated heterocycles. The van der Waals surface area contributed by atoms with E-state index in [-0.39, 0.29) is 0 Å². The molecule has 0 aromatic rings. The topological polar surface area (TPSA) is 12.0 Å². The van der Waals surface area contributed by atoms with E-state index in [9.17, 15) is 0 Å². The van der Waals surface area contributed by atoms with Crippen molar-refractivity contribution in [3.8, 4) is 0 Å². The van der Waals surface area contributed by atoms with Gasteiger partial charge in [0, 0.05) is 6.04 Å². The minimum absolute atomic E-state index is 0.725. The van der Waals surface area contributed by atoms with Crippen LogP contribution in [0.25, 0.3) is 0 Å². The first-order chi connectivity index (χ1) is 7.31. The Hall–Kier alpha value is -0.0400. The van der Waals surface area contributed by atoms with Crippen LogP contribution < -0.4 is 5.32 Å². The van der Waals surface area contributed by atoms with Crippen molar-refractivity contribution in [2.45, 2.75) is 84.6 Å². The van der Waals surface area contributed by atoms with Gasteiger partial charge in [-0.2, -0.15) is 0 Å². The maximum Gasteiger partial charge on any atom is 0.00387 e. The van der Waals surface area contributed by atoms with Gasteiger partial charge in [0.2, 0.25) is 0 Å². The van der Waals surface area contributed by atoms with E-state index >= 15 is 0 Å². The molecule has 1 nitrogen and oxygen atoms in total. The highest BCUT2D eigenvalue weighted by molar-refractivity contribution is 4.60. The van der Waals surface area contributed by atoms with Gasteiger partial charge >= 0.3 is 0 Å². The summed E-state index contributed by atoms with van der Waals surface area (Å²) in [5, 5.41) is 3.62. The van der Waals surface area contributed by atoms with Crippen molar-refractivity contribution < 1.29 is 0 Å². The summed E-state index contributed by atoms with van der Waals surface area (Å²) in [6.07, 6.45) is 12.4. The Bertz CT molecular complexity index is 112. The summed E-state index contributed by atoms with van der Waals surface area (Å²) in [4.78, 5) is 0. The zero-order valence-electron chi connectivity index (χ0n) is 11.1. The molecule has 0 spiro atoms. The fourth-order valence-corrected chi connectivity index (χ4v) is 1.88. The van der Waals surface area contributed by atoms with Crippen LogP contribution in [0.4, 0.5) is 0 Å². The number of hydrogen-bond acceptors (Lipinski definition) is 1. The van der Waals surface area contributed by atoms with Crippen molar-refractivity contribution in [3.63, 3.8) is 0 Å². The van der Waals surface area contributed by atoms with E-state index in [0.717, 1.165) is 6.04 Å². The highest BCUT2D eigenvalue weighted by atomic mass is 14.9. The molecule has 92 valence electrons. The second kappa shape index (κ2) is 12.0. The smallest absolute Gasteiger partial charge is 0.00387 e. The monoisotopic (exact) mass is 213 g/mol. The lowest BCUT2D eigenvalue weighted by Gasteiger charge is -2.13. The molecular weight excluding hydrogens is 182 g/mol. The molecule has 0 saturated carbocycles. The van der Waals surface area contributed by atoms with Gasteiger partial charge in [-0.15, -0.1) is 0 Å². The molecule has 0 aliphatic rings. The molecule has 0 rings (SSSR count). The van der Waals surface area contributed by atoms with Gasteiger partial charge in [-0.3, -0.25) is 0 Å². The number of rotatable bonds is 11. The lowest BCUT2D eigenvalue weighted by Crippen LogP contribution is -2.26. The normalized spacial score (nSPS) is 13.0. The van der Waals surface area contributed by atoms with Crippen molar-refractivity contribution in [3.05, 3.63) is 0 Å². The van der Waals surface area contributed by atoms with Gasteiger partial charge in [-0.25, -0.2) is 0 Å². The largest absolute Gasteiger partial charge is 0.314 e. The molecule has 1 heteroatoms. The SMILES string of the molecule is CCCCCCCNC(C)CCCCC. The lowest BCUT2D eigenvalue weighted by atomic mass is 10.1. The van der Waals surface area contributed by atoms with Gasteiger partial charge in [0.25, 0.3) is 0 Å². The Morgan fingerprint density at radius 2 is 1.40 bits per heavy atom. The average Bonchev–Trinajstić information content (AvgIpc) is 2.23. The van der Waals surface area contributed by atoms with E-state index < -0.39 is 0 Å². The Balaban J connectivity index is 3.06. The highest BCUT2D eigenvalue weighted by Gasteiger charge is 1.99. The summed E-state index contributed by atoms with van der Waals surface area (Å²) < 4.78 is 0. The van der Waals surface area contributed by atoms with Crippen molar-refractivity contribution in [1.82, 2.24) is 5.32 Å². The quantitative estimate of drug-likeness (QED) is 0.498. The zero-order chi connectivity index (χ0) is 11.4. The molecule has 1 N–H and O–H groups in total. The van der Waals surface area contributed by atoms with Crippen LogP contribution in [0.1, 0.15) is 78.6 Å². The predicted octanol–water partition coefficient (Wildman–Crippen LogP) is 4.52. The second-order valence-corrected chi connectivity index (χ2v) is 4.77. The molecule has 0 amide bonds. The first-order valence-corrected chi connectivity index (χ1v) is 7.04. The van der Waals surface area contributed by atoms with Gasteiger partial charge < -0.3 is 5.32 Å². The van der Waals surface area contributed by atoms with Crippen LogP contribution in [-0.4, -0.2) is 12.6 Å². The Labute approximate surface area is 97.0 Å². The van der Waals surface area contributed by atoms with E-state index in [1.165, 1.54) is 64.3 Å². The third-order valence-electron chi connectivity index (χ3n) is 3.01. The molecule has 0 heterocycles. The molecule has 15 heavy (non-hydrogen) atoms. The van der Waals surface area contributed by atoms with E-state index in [4.69, 9.17) is 0 Å². The fourth-order valence-electron chi connectivity index (χ4n) is 1.88. The molecule has 1 unspecified atom stereocenters. The van der Waals surface area contributed by atoms with Crippen LogP contribution in [0.2, 0.25) is 0 Å². The Morgan fingerprint density at radius 1 is 0.800 bits per heavy atom. The lowest BCUT2D eigenvalue weighted by molar-refractivity contribution is 0.473. The Morgan fingerprint density at radius 3 is 2.07 bits per heavy atom. The van der Waals surface area contributed by atoms with Gasteiger partial charge in [-0.1, -0.05) is 58.8 Å². The molecule has 0 aliphatic heterocycles. The van der Waals surface area contributed by atoms with E-state index in [1.807, 2.05) is 0 Å². The van der Waals surface area contributed by atoms with Crippen LogP contribution in [0, 0.1) is 0 Å². The molecule has 0 aromatic heterocycles. The maximum absolute atomic E-state index is 3.62. The summed E-state index contributed by atoms with van der Waals surface area (Å²) in [7, 11) is 0. The minimum Gasteiger partial charge on any atom is -0.314 e. The van der Waals surface area contributed by atoms with Crippen molar-refractivity contribution >= 4 is 0 Å². The van der Waals surface area contributed by atoms with Gasteiger partial charge in [0.1, 0.15) is 0 Å². The average molecular weight is 213 g/mol. The molecule has 0 bridgehead atoms. The summed E-state index contributed by atoms with van der Waals surface area (Å²) in [5.41, 5.74) is 0. The van der Waals surface area contributed by atoms with Crippen molar-refractivity contribution in [2.24, 2.45) is 0 Å². The highest BCUT2D eigenvalue weighted by Crippen LogP contribution is 2.04. The summed E-state index contributed by atoms with van der Waals surface area (Å²) in [6, 6.07) is 0.725. The van der Waals surface area contributed by atoms with Gasteiger partial charge in [0.05, 0.1) is 0 Å². The molecule has 1 atom stereocenters. The molecule has 0 fully saturated rings. The fraction of sp³-hybridized carbons (Fsp3) is 1.00. The van der Waals surface area contributed by atoms with Crippen LogP contribution in [0.3, 0.4) is 0 Å². The van der Waals surface area contributed by atoms with Crippen LogP contribution in [0.5, 0.6) is 0 Å². The first-order valence-electron chi connectivity index (χ1n) is 7.04. The first kappa shape index (κ1) is 15.0. The van der Waals surface area contributed by atoms with Crippen molar-refractivity contribution in [1.29, 1.82) is 0 Å². The van der Waals surface area contributed by atoms with Gasteiger partial charge in [0.15, 0.2) is 0 Å². The summed E-state index contributed by atoms with van der Waals surface area (Å²) in [6.45, 7) is 8.08. The van der Waals surface area contributed by atoms with E-state index in [2.05, 4.69) is 26.1 Å². The molecule has 0 aliphatic carbocycles.